The molecule has 19 heavy (non-hydrogen) atoms. The van der Waals surface area contributed by atoms with Crippen LogP contribution in [-0.4, -0.2) is 13.0 Å². The van der Waals surface area contributed by atoms with Crippen molar-refractivity contribution in [3.63, 3.8) is 0 Å². The fourth-order valence-corrected chi connectivity index (χ4v) is 1.88. The first-order valence-corrected chi connectivity index (χ1v) is 5.88. The third kappa shape index (κ3) is 2.91. The van der Waals surface area contributed by atoms with Crippen LogP contribution in [0.15, 0.2) is 42.5 Å². The van der Waals surface area contributed by atoms with Gasteiger partial charge in [0.15, 0.2) is 0 Å². The molecule has 0 aliphatic rings. The second kappa shape index (κ2) is 5.10. The maximum Gasteiger partial charge on any atom is 0.258 e. The third-order valence-electron chi connectivity index (χ3n) is 2.86. The van der Waals surface area contributed by atoms with Crippen molar-refractivity contribution in [2.45, 2.75) is 6.92 Å². The van der Waals surface area contributed by atoms with Gasteiger partial charge in [0, 0.05) is 24.0 Å². The van der Waals surface area contributed by atoms with Gasteiger partial charge < -0.3 is 10.6 Å². The van der Waals surface area contributed by atoms with E-state index < -0.39 is 5.82 Å². The molecule has 3 nitrogen and oxygen atoms in total. The Morgan fingerprint density at radius 1 is 1.21 bits per heavy atom. The molecule has 4 heteroatoms. The second-order valence-electron chi connectivity index (χ2n) is 4.48. The van der Waals surface area contributed by atoms with Crippen molar-refractivity contribution in [3.05, 3.63) is 59.4 Å². The number of nitrogens with two attached hydrogens (primary N) is 1. The number of nitrogen functional groups attached to an aromatic ring is 1. The first-order valence-electron chi connectivity index (χ1n) is 5.88. The summed E-state index contributed by atoms with van der Waals surface area (Å²) in [6.07, 6.45) is 0. The van der Waals surface area contributed by atoms with Gasteiger partial charge in [-0.05, 0) is 42.8 Å². The molecule has 0 spiro atoms. The lowest BCUT2D eigenvalue weighted by atomic mass is 10.1. The number of anilines is 2. The van der Waals surface area contributed by atoms with Gasteiger partial charge in [-0.15, -0.1) is 0 Å². The van der Waals surface area contributed by atoms with Crippen molar-refractivity contribution >= 4 is 17.3 Å². The van der Waals surface area contributed by atoms with Gasteiger partial charge in [-0.2, -0.15) is 0 Å². The normalized spacial score (nSPS) is 10.3. The first kappa shape index (κ1) is 13.1. The summed E-state index contributed by atoms with van der Waals surface area (Å²) in [6, 6.07) is 11.4. The summed E-state index contributed by atoms with van der Waals surface area (Å²) in [5, 5.41) is 0. The van der Waals surface area contributed by atoms with Crippen LogP contribution in [0.25, 0.3) is 0 Å². The van der Waals surface area contributed by atoms with E-state index in [9.17, 15) is 9.18 Å². The van der Waals surface area contributed by atoms with Crippen LogP contribution >= 0.6 is 0 Å². The molecule has 0 atom stereocenters. The summed E-state index contributed by atoms with van der Waals surface area (Å²) < 4.78 is 13.3. The molecule has 2 N–H and O–H groups in total. The lowest BCUT2D eigenvalue weighted by Crippen LogP contribution is -2.26. The van der Waals surface area contributed by atoms with Crippen molar-refractivity contribution in [2.75, 3.05) is 17.7 Å². The lowest BCUT2D eigenvalue weighted by molar-refractivity contribution is 0.0992. The van der Waals surface area contributed by atoms with Crippen LogP contribution in [0.5, 0.6) is 0 Å². The molecule has 0 aromatic heterocycles. The van der Waals surface area contributed by atoms with Gasteiger partial charge in [0.05, 0.1) is 0 Å². The number of benzene rings is 2. The number of halogens is 1. The van der Waals surface area contributed by atoms with E-state index in [1.54, 1.807) is 7.05 Å². The average Bonchev–Trinajstić information content (AvgIpc) is 2.36. The predicted molar refractivity (Wildman–Crippen MR) is 74.7 cm³/mol. The Bertz CT molecular complexity index is 605. The predicted octanol–water partition coefficient (Wildman–Crippen LogP) is 2.99. The van der Waals surface area contributed by atoms with Gasteiger partial charge >= 0.3 is 0 Å². The quantitative estimate of drug-likeness (QED) is 0.842. The number of aryl methyl sites for hydroxylation is 1. The summed E-state index contributed by atoms with van der Waals surface area (Å²) in [5.74, 6) is -0.808. The highest BCUT2D eigenvalue weighted by Gasteiger charge is 2.14. The minimum absolute atomic E-state index is 0.237. The molecular weight excluding hydrogens is 243 g/mol. The molecular formula is C15H15FN2O. The third-order valence-corrected chi connectivity index (χ3v) is 2.86. The van der Waals surface area contributed by atoms with Gasteiger partial charge in [-0.3, -0.25) is 4.79 Å². The fourth-order valence-electron chi connectivity index (χ4n) is 1.88. The Hall–Kier alpha value is -2.36. The minimum Gasteiger partial charge on any atom is -0.399 e. The monoisotopic (exact) mass is 258 g/mol. The minimum atomic E-state index is -0.513. The van der Waals surface area contributed by atoms with Gasteiger partial charge in [0.25, 0.3) is 5.91 Å². The molecule has 2 aromatic rings. The summed E-state index contributed by atoms with van der Waals surface area (Å²) in [4.78, 5) is 13.7. The molecule has 0 radical (unpaired) electrons. The number of rotatable bonds is 2. The number of hydrogen-bond donors (Lipinski definition) is 1. The highest BCUT2D eigenvalue weighted by Crippen LogP contribution is 2.18. The average molecular weight is 258 g/mol. The Kier molecular flexibility index (Phi) is 3.51. The van der Waals surface area contributed by atoms with Gasteiger partial charge in [0.2, 0.25) is 0 Å². The molecule has 0 heterocycles. The second-order valence-corrected chi connectivity index (χ2v) is 4.48. The summed E-state index contributed by atoms with van der Waals surface area (Å²) in [7, 11) is 1.65. The van der Waals surface area contributed by atoms with E-state index in [2.05, 4.69) is 0 Å². The van der Waals surface area contributed by atoms with Gasteiger partial charge in [-0.25, -0.2) is 4.39 Å². The zero-order valence-corrected chi connectivity index (χ0v) is 10.9. The number of hydrogen-bond acceptors (Lipinski definition) is 2. The number of carbonyl (C=O) groups excluding carboxylic acids is 1. The van der Waals surface area contributed by atoms with E-state index in [0.717, 1.165) is 11.3 Å². The van der Waals surface area contributed by atoms with Crippen LogP contribution < -0.4 is 10.6 Å². The SMILES string of the molecule is Cc1cccc(N(C)C(=O)c2cc(N)cc(F)c2)c1. The van der Waals surface area contributed by atoms with Crippen LogP contribution in [-0.2, 0) is 0 Å². The highest BCUT2D eigenvalue weighted by atomic mass is 19.1. The first-order chi connectivity index (χ1) is 8.97. The van der Waals surface area contributed by atoms with Gasteiger partial charge in [-0.1, -0.05) is 12.1 Å². The number of amides is 1. The molecule has 0 unspecified atom stereocenters. The molecule has 0 fully saturated rings. The smallest absolute Gasteiger partial charge is 0.258 e. The van der Waals surface area contributed by atoms with Crippen molar-refractivity contribution < 1.29 is 9.18 Å². The Balaban J connectivity index is 2.33. The van der Waals surface area contributed by atoms with Crippen molar-refractivity contribution in [2.24, 2.45) is 0 Å². The topological polar surface area (TPSA) is 46.3 Å². The van der Waals surface area contributed by atoms with Gasteiger partial charge in [0.1, 0.15) is 5.82 Å². The molecule has 2 rings (SSSR count). The number of nitrogens with zero attached hydrogens (tertiary/aromatic N) is 1. The zero-order valence-electron chi connectivity index (χ0n) is 10.9. The Morgan fingerprint density at radius 2 is 1.95 bits per heavy atom. The van der Waals surface area contributed by atoms with Crippen LogP contribution in [0.2, 0.25) is 0 Å². The van der Waals surface area contributed by atoms with Crippen molar-refractivity contribution in [1.82, 2.24) is 0 Å². The summed E-state index contributed by atoms with van der Waals surface area (Å²) in [5.41, 5.74) is 7.83. The van der Waals surface area contributed by atoms with E-state index in [4.69, 9.17) is 5.73 Å². The van der Waals surface area contributed by atoms with E-state index in [1.807, 2.05) is 31.2 Å². The van der Waals surface area contributed by atoms with E-state index >= 15 is 0 Å². The maximum absolute atomic E-state index is 13.3. The fraction of sp³-hybridized carbons (Fsp3) is 0.133. The van der Waals surface area contributed by atoms with E-state index in [1.165, 1.54) is 23.1 Å². The lowest BCUT2D eigenvalue weighted by Gasteiger charge is -2.18. The summed E-state index contributed by atoms with van der Waals surface area (Å²) >= 11 is 0. The molecule has 0 saturated heterocycles. The Morgan fingerprint density at radius 3 is 2.58 bits per heavy atom. The number of carbonyl (C=O) groups is 1. The van der Waals surface area contributed by atoms with Crippen LogP contribution in [0.3, 0.4) is 0 Å². The van der Waals surface area contributed by atoms with Crippen molar-refractivity contribution in [1.29, 1.82) is 0 Å². The van der Waals surface area contributed by atoms with Crippen LogP contribution in [0, 0.1) is 12.7 Å². The highest BCUT2D eigenvalue weighted by molar-refractivity contribution is 6.06. The molecule has 0 bridgehead atoms. The summed E-state index contributed by atoms with van der Waals surface area (Å²) in [6.45, 7) is 1.95. The molecule has 0 aliphatic carbocycles. The van der Waals surface area contributed by atoms with Crippen molar-refractivity contribution in [3.8, 4) is 0 Å². The molecule has 0 saturated carbocycles. The van der Waals surface area contributed by atoms with E-state index in [-0.39, 0.29) is 17.2 Å². The van der Waals surface area contributed by atoms with E-state index in [0.29, 0.717) is 0 Å². The molecule has 1 amide bonds. The molecule has 98 valence electrons. The largest absolute Gasteiger partial charge is 0.399 e. The van der Waals surface area contributed by atoms with Crippen LogP contribution in [0.1, 0.15) is 15.9 Å². The molecule has 0 aliphatic heterocycles. The zero-order chi connectivity index (χ0) is 14.0. The van der Waals surface area contributed by atoms with Crippen LogP contribution in [0.4, 0.5) is 15.8 Å². The Labute approximate surface area is 111 Å². The standard InChI is InChI=1S/C15H15FN2O/c1-10-4-3-5-14(6-10)18(2)15(19)11-7-12(16)9-13(17)8-11/h3-9H,17H2,1-2H3. The molecule has 2 aromatic carbocycles. The maximum atomic E-state index is 13.3.